The summed E-state index contributed by atoms with van der Waals surface area (Å²) in [4.78, 5) is 0. The van der Waals surface area contributed by atoms with Gasteiger partial charge in [-0.1, -0.05) is 0 Å². The number of hydrogen-bond acceptors (Lipinski definition) is 5. The van der Waals surface area contributed by atoms with Crippen molar-refractivity contribution in [3.05, 3.63) is 33.6 Å². The second kappa shape index (κ2) is 5.23. The third kappa shape index (κ3) is 2.56. The van der Waals surface area contributed by atoms with E-state index < -0.39 is 10.0 Å². The van der Waals surface area contributed by atoms with Crippen LogP contribution in [0, 0.1) is 6.92 Å². The summed E-state index contributed by atoms with van der Waals surface area (Å²) < 4.78 is 36.9. The molecule has 1 aromatic heterocycles. The molecule has 1 aliphatic heterocycles. The van der Waals surface area contributed by atoms with Crippen LogP contribution < -0.4 is 4.72 Å². The molecule has 0 unspecified atom stereocenters. The third-order valence-corrected chi connectivity index (χ3v) is 7.74. The average molecular weight is 437 g/mol. The summed E-state index contributed by atoms with van der Waals surface area (Å²) in [6, 6.07) is 6.95. The fraction of sp³-hybridized carbons (Fsp3) is 0.0909. The molecule has 20 heavy (non-hydrogen) atoms. The average Bonchev–Trinajstić information content (AvgIpc) is 2.98. The van der Waals surface area contributed by atoms with Crippen LogP contribution in [0.4, 0.5) is 17.1 Å². The van der Waals surface area contributed by atoms with Crippen molar-refractivity contribution in [2.24, 2.45) is 7.92 Å². The summed E-state index contributed by atoms with van der Waals surface area (Å²) >= 11 is 4.34. The van der Waals surface area contributed by atoms with Crippen molar-refractivity contribution < 1.29 is 8.42 Å². The molecule has 0 saturated heterocycles. The zero-order valence-corrected chi connectivity index (χ0v) is 15.1. The number of anilines is 1. The molecule has 104 valence electrons. The minimum atomic E-state index is -3.59. The normalized spacial score (nSPS) is 13.1. The first-order valence-corrected chi connectivity index (χ1v) is 10.1. The molecule has 0 aliphatic carbocycles. The van der Waals surface area contributed by atoms with Crippen LogP contribution in [0.25, 0.3) is 0 Å². The van der Waals surface area contributed by atoms with Crippen molar-refractivity contribution in [1.29, 1.82) is 0 Å². The molecule has 0 fully saturated rings. The Morgan fingerprint density at radius 2 is 2.15 bits per heavy atom. The van der Waals surface area contributed by atoms with Crippen molar-refractivity contribution in [3.8, 4) is 0 Å². The molecular formula is C11H8BrN3O2S2Se. The number of halogens is 1. The van der Waals surface area contributed by atoms with Gasteiger partial charge >= 0.3 is 135 Å². The minimum absolute atomic E-state index is 0.188. The van der Waals surface area contributed by atoms with Crippen molar-refractivity contribution in [2.45, 2.75) is 11.1 Å². The van der Waals surface area contributed by atoms with Crippen LogP contribution in [0.3, 0.4) is 0 Å². The molecule has 0 amide bonds. The Morgan fingerprint density at radius 1 is 1.35 bits per heavy atom. The van der Waals surface area contributed by atoms with E-state index in [-0.39, 0.29) is 18.8 Å². The molecule has 5 nitrogen and oxygen atoms in total. The van der Waals surface area contributed by atoms with Crippen molar-refractivity contribution in [3.63, 3.8) is 0 Å². The van der Waals surface area contributed by atoms with E-state index in [1.54, 1.807) is 18.2 Å². The fourth-order valence-corrected chi connectivity index (χ4v) is 6.09. The van der Waals surface area contributed by atoms with Gasteiger partial charge in [-0.2, -0.15) is 0 Å². The molecule has 0 atom stereocenters. The summed E-state index contributed by atoms with van der Waals surface area (Å²) in [6.45, 7) is 1.86. The van der Waals surface area contributed by atoms with Crippen LogP contribution >= 0.6 is 27.3 Å². The first kappa shape index (κ1) is 14.2. The number of rotatable bonds is 3. The van der Waals surface area contributed by atoms with E-state index in [0.29, 0.717) is 11.4 Å². The predicted molar refractivity (Wildman–Crippen MR) is 83.9 cm³/mol. The van der Waals surface area contributed by atoms with Gasteiger partial charge in [-0.25, -0.2) is 0 Å². The number of aryl methyl sites for hydroxylation is 1. The quantitative estimate of drug-likeness (QED) is 0.631. The number of benzene rings is 1. The fourth-order valence-electron chi connectivity index (χ4n) is 1.65. The predicted octanol–water partition coefficient (Wildman–Crippen LogP) is 3.97. The van der Waals surface area contributed by atoms with E-state index in [9.17, 15) is 8.42 Å². The van der Waals surface area contributed by atoms with E-state index >= 15 is 0 Å². The molecule has 1 aromatic carbocycles. The van der Waals surface area contributed by atoms with Gasteiger partial charge in [0, 0.05) is 0 Å². The zero-order valence-electron chi connectivity index (χ0n) is 10.1. The molecule has 0 bridgehead atoms. The maximum atomic E-state index is 12.4. The SMILES string of the molecule is Cc1cc(S(=O)(=O)Nc2cccc3c2N=[Se]=N3)sc1Br. The van der Waals surface area contributed by atoms with Crippen LogP contribution in [0.5, 0.6) is 0 Å². The summed E-state index contributed by atoms with van der Waals surface area (Å²) in [5, 5.41) is 0. The Balaban J connectivity index is 1.99. The van der Waals surface area contributed by atoms with Crippen molar-refractivity contribution >= 4 is 68.9 Å². The van der Waals surface area contributed by atoms with Gasteiger partial charge in [0.15, 0.2) is 0 Å². The molecule has 0 spiro atoms. The third-order valence-electron chi connectivity index (χ3n) is 2.63. The molecule has 0 radical (unpaired) electrons. The van der Waals surface area contributed by atoms with Gasteiger partial charge in [-0.05, 0) is 0 Å². The molecule has 1 aliphatic rings. The van der Waals surface area contributed by atoms with E-state index in [0.717, 1.165) is 15.0 Å². The van der Waals surface area contributed by atoms with E-state index in [1.165, 1.54) is 11.3 Å². The van der Waals surface area contributed by atoms with Crippen LogP contribution in [0.1, 0.15) is 5.56 Å². The first-order chi connectivity index (χ1) is 9.47. The number of thiophene rings is 1. The van der Waals surface area contributed by atoms with Gasteiger partial charge in [0.25, 0.3) is 0 Å². The molecular weight excluding hydrogens is 429 g/mol. The molecule has 0 saturated carbocycles. The van der Waals surface area contributed by atoms with Gasteiger partial charge < -0.3 is 0 Å². The van der Waals surface area contributed by atoms with Gasteiger partial charge in [-0.15, -0.1) is 0 Å². The van der Waals surface area contributed by atoms with Gasteiger partial charge in [0.05, 0.1) is 0 Å². The first-order valence-electron chi connectivity index (χ1n) is 5.47. The second-order valence-electron chi connectivity index (χ2n) is 4.07. The van der Waals surface area contributed by atoms with Crippen LogP contribution in [0.15, 0.2) is 40.2 Å². The number of nitrogens with zero attached hydrogens (tertiary/aromatic N) is 2. The van der Waals surface area contributed by atoms with Crippen LogP contribution in [0.2, 0.25) is 0 Å². The van der Waals surface area contributed by atoms with E-state index in [4.69, 9.17) is 0 Å². The Bertz CT molecular complexity index is 850. The van der Waals surface area contributed by atoms with E-state index in [1.807, 2.05) is 13.0 Å². The molecule has 1 N–H and O–H groups in total. The zero-order chi connectivity index (χ0) is 14.3. The van der Waals surface area contributed by atoms with Crippen LogP contribution in [-0.4, -0.2) is 23.0 Å². The topological polar surface area (TPSA) is 70.9 Å². The van der Waals surface area contributed by atoms with Crippen LogP contribution in [-0.2, 0) is 10.0 Å². The molecule has 9 heteroatoms. The van der Waals surface area contributed by atoms with Gasteiger partial charge in [0.2, 0.25) is 0 Å². The number of hydrogen-bond donors (Lipinski definition) is 1. The number of fused-ring (bicyclic) bond motifs is 1. The van der Waals surface area contributed by atoms with Gasteiger partial charge in [-0.3, -0.25) is 0 Å². The summed E-state index contributed by atoms with van der Waals surface area (Å²) in [7, 11) is -3.59. The standard InChI is InChI=1S/C11H8BrN3O2S2Se/c1-6-5-9(18-11(6)12)19(16,17)13-7-3-2-4-8-10(7)15-20-14-8/h2-5,13H,1H3. The summed E-state index contributed by atoms with van der Waals surface area (Å²) in [5.41, 5.74) is 2.75. The Hall–Kier alpha value is -0.731. The Labute approximate surface area is 134 Å². The molecule has 2 heterocycles. The summed E-state index contributed by atoms with van der Waals surface area (Å²) in [6.07, 6.45) is 0. The van der Waals surface area contributed by atoms with Crippen molar-refractivity contribution in [2.75, 3.05) is 4.72 Å². The van der Waals surface area contributed by atoms with Gasteiger partial charge in [0.1, 0.15) is 0 Å². The van der Waals surface area contributed by atoms with E-state index in [2.05, 4.69) is 28.6 Å². The molecule has 3 rings (SSSR count). The van der Waals surface area contributed by atoms with Crippen molar-refractivity contribution in [1.82, 2.24) is 0 Å². The maximum absolute atomic E-state index is 12.4. The molecule has 2 aromatic rings. The number of sulfonamides is 1. The Kier molecular flexibility index (Phi) is 3.72. The monoisotopic (exact) mass is 437 g/mol. The second-order valence-corrected chi connectivity index (χ2v) is 9.45. The summed E-state index contributed by atoms with van der Waals surface area (Å²) in [5.74, 6) is 0. The Morgan fingerprint density at radius 3 is 2.85 bits per heavy atom. The number of nitrogens with one attached hydrogen (secondary N) is 1.